The molecule has 1 heterocycles. The molecule has 3 rings (SSSR count). The van der Waals surface area contributed by atoms with Crippen LogP contribution in [0.2, 0.25) is 0 Å². The van der Waals surface area contributed by atoms with Crippen LogP contribution in [0.15, 0.2) is 34.8 Å². The molecule has 1 aliphatic heterocycles. The minimum atomic E-state index is -0.508. The highest BCUT2D eigenvalue weighted by molar-refractivity contribution is 9.10. The fraction of sp³-hybridized carbons (Fsp3) is 0.333. The fourth-order valence-electron chi connectivity index (χ4n) is 3.03. The average molecular weight is 347 g/mol. The minimum Gasteiger partial charge on any atom is -0.493 e. The predicted octanol–water partition coefficient (Wildman–Crippen LogP) is 4.28. The molecule has 0 saturated heterocycles. The molecule has 2 aromatic rings. The van der Waals surface area contributed by atoms with Gasteiger partial charge in [-0.05, 0) is 42.7 Å². The van der Waals surface area contributed by atoms with Crippen molar-refractivity contribution in [2.24, 2.45) is 0 Å². The lowest BCUT2D eigenvalue weighted by Gasteiger charge is -2.15. The highest BCUT2D eigenvalue weighted by Gasteiger charge is 2.20. The van der Waals surface area contributed by atoms with Crippen LogP contribution in [-0.2, 0) is 12.8 Å². The molecular weight excluding hydrogens is 328 g/mol. The van der Waals surface area contributed by atoms with E-state index in [1.807, 2.05) is 0 Å². The van der Waals surface area contributed by atoms with E-state index in [1.54, 1.807) is 0 Å². The Bertz CT molecular complexity index is 659. The molecule has 0 bridgehead atoms. The Kier molecular flexibility index (Phi) is 4.05. The monoisotopic (exact) mass is 346 g/mol. The molecule has 3 heteroatoms. The second kappa shape index (κ2) is 5.82. The molecule has 110 valence electrons. The molecule has 0 fully saturated rings. The lowest BCUT2D eigenvalue weighted by atomic mass is 9.96. The first-order valence-electron chi connectivity index (χ1n) is 7.23. The van der Waals surface area contributed by atoms with E-state index < -0.39 is 6.10 Å². The van der Waals surface area contributed by atoms with Gasteiger partial charge in [-0.1, -0.05) is 45.3 Å². The number of ether oxygens (including phenoxy) is 1. The van der Waals surface area contributed by atoms with Gasteiger partial charge in [-0.15, -0.1) is 0 Å². The zero-order valence-corrected chi connectivity index (χ0v) is 13.9. The highest BCUT2D eigenvalue weighted by atomic mass is 79.9. The van der Waals surface area contributed by atoms with Crippen molar-refractivity contribution in [2.45, 2.75) is 32.8 Å². The van der Waals surface area contributed by atoms with Crippen molar-refractivity contribution >= 4 is 15.9 Å². The maximum atomic E-state index is 10.6. The summed E-state index contributed by atoms with van der Waals surface area (Å²) in [5.41, 5.74) is 5.63. The van der Waals surface area contributed by atoms with Gasteiger partial charge >= 0.3 is 0 Å². The molecule has 0 aromatic heterocycles. The van der Waals surface area contributed by atoms with E-state index >= 15 is 0 Å². The fourth-order valence-corrected chi connectivity index (χ4v) is 3.58. The van der Waals surface area contributed by atoms with E-state index in [0.29, 0.717) is 6.42 Å². The SMILES string of the molecule is Cc1cc(C)cc(C(O)Cc2cc(Br)cc3c2OCC3)c1. The molecule has 1 unspecified atom stereocenters. The third kappa shape index (κ3) is 3.14. The average Bonchev–Trinajstić information content (AvgIpc) is 2.85. The van der Waals surface area contributed by atoms with E-state index in [-0.39, 0.29) is 0 Å². The number of halogens is 1. The Labute approximate surface area is 133 Å². The van der Waals surface area contributed by atoms with Gasteiger partial charge in [0, 0.05) is 17.3 Å². The van der Waals surface area contributed by atoms with Gasteiger partial charge in [-0.2, -0.15) is 0 Å². The van der Waals surface area contributed by atoms with Crippen LogP contribution in [0.5, 0.6) is 5.75 Å². The van der Waals surface area contributed by atoms with E-state index in [9.17, 15) is 5.11 Å². The zero-order chi connectivity index (χ0) is 15.0. The first-order chi connectivity index (χ1) is 10.0. The van der Waals surface area contributed by atoms with E-state index in [0.717, 1.165) is 34.4 Å². The van der Waals surface area contributed by atoms with E-state index in [2.05, 4.69) is 60.1 Å². The van der Waals surface area contributed by atoms with Gasteiger partial charge in [0.25, 0.3) is 0 Å². The number of fused-ring (bicyclic) bond motifs is 1. The summed E-state index contributed by atoms with van der Waals surface area (Å²) in [6, 6.07) is 10.4. The number of aliphatic hydroxyl groups is 1. The van der Waals surface area contributed by atoms with Gasteiger partial charge in [0.05, 0.1) is 12.7 Å². The number of rotatable bonds is 3. The number of aliphatic hydroxyl groups excluding tert-OH is 1. The molecule has 0 aliphatic carbocycles. The summed E-state index contributed by atoms with van der Waals surface area (Å²) in [6.07, 6.45) is 1.01. The van der Waals surface area contributed by atoms with E-state index in [4.69, 9.17) is 4.74 Å². The Morgan fingerprint density at radius 3 is 2.57 bits per heavy atom. The molecule has 1 aliphatic rings. The summed E-state index contributed by atoms with van der Waals surface area (Å²) >= 11 is 3.55. The van der Waals surface area contributed by atoms with Crippen LogP contribution >= 0.6 is 15.9 Å². The van der Waals surface area contributed by atoms with Crippen LogP contribution in [0.1, 0.15) is 33.9 Å². The second-order valence-corrected chi connectivity index (χ2v) is 6.71. The molecular formula is C18H19BrO2. The van der Waals surface area contributed by atoms with Crippen molar-refractivity contribution in [3.05, 3.63) is 62.6 Å². The topological polar surface area (TPSA) is 29.5 Å². The summed E-state index contributed by atoms with van der Waals surface area (Å²) in [6.45, 7) is 4.85. The maximum Gasteiger partial charge on any atom is 0.125 e. The number of aryl methyl sites for hydroxylation is 2. The minimum absolute atomic E-state index is 0.508. The van der Waals surface area contributed by atoms with Crippen molar-refractivity contribution in [2.75, 3.05) is 6.61 Å². The largest absolute Gasteiger partial charge is 0.493 e. The number of hydrogen-bond donors (Lipinski definition) is 1. The molecule has 0 saturated carbocycles. The maximum absolute atomic E-state index is 10.6. The second-order valence-electron chi connectivity index (χ2n) is 5.79. The van der Waals surface area contributed by atoms with Gasteiger partial charge in [0.2, 0.25) is 0 Å². The van der Waals surface area contributed by atoms with Crippen LogP contribution in [0, 0.1) is 13.8 Å². The Balaban J connectivity index is 1.90. The lowest BCUT2D eigenvalue weighted by molar-refractivity contribution is 0.177. The van der Waals surface area contributed by atoms with E-state index in [1.165, 1.54) is 16.7 Å². The summed E-state index contributed by atoms with van der Waals surface area (Å²) in [7, 11) is 0. The Hall–Kier alpha value is -1.32. The van der Waals surface area contributed by atoms with Crippen molar-refractivity contribution in [1.29, 1.82) is 0 Å². The van der Waals surface area contributed by atoms with Gasteiger partial charge in [0.15, 0.2) is 0 Å². The first-order valence-corrected chi connectivity index (χ1v) is 8.02. The smallest absolute Gasteiger partial charge is 0.125 e. The summed E-state index contributed by atoms with van der Waals surface area (Å²) in [5, 5.41) is 10.6. The zero-order valence-electron chi connectivity index (χ0n) is 12.3. The summed E-state index contributed by atoms with van der Waals surface area (Å²) in [4.78, 5) is 0. The van der Waals surface area contributed by atoms with Crippen LogP contribution in [0.4, 0.5) is 0 Å². The molecule has 0 spiro atoms. The molecule has 2 nitrogen and oxygen atoms in total. The van der Waals surface area contributed by atoms with Crippen molar-refractivity contribution in [1.82, 2.24) is 0 Å². The summed E-state index contributed by atoms with van der Waals surface area (Å²) in [5.74, 6) is 0.960. The Morgan fingerprint density at radius 2 is 1.86 bits per heavy atom. The van der Waals surface area contributed by atoms with Gasteiger partial charge in [-0.3, -0.25) is 0 Å². The first kappa shape index (κ1) is 14.6. The van der Waals surface area contributed by atoms with Gasteiger partial charge in [0.1, 0.15) is 5.75 Å². The van der Waals surface area contributed by atoms with Crippen LogP contribution < -0.4 is 4.74 Å². The molecule has 0 radical (unpaired) electrons. The predicted molar refractivity (Wildman–Crippen MR) is 87.9 cm³/mol. The molecule has 0 amide bonds. The normalized spacial score (nSPS) is 14.7. The van der Waals surface area contributed by atoms with Crippen molar-refractivity contribution in [3.63, 3.8) is 0 Å². The number of hydrogen-bond acceptors (Lipinski definition) is 2. The van der Waals surface area contributed by atoms with Crippen LogP contribution in [0.3, 0.4) is 0 Å². The quantitative estimate of drug-likeness (QED) is 0.898. The van der Waals surface area contributed by atoms with Crippen LogP contribution in [-0.4, -0.2) is 11.7 Å². The number of benzene rings is 2. The lowest BCUT2D eigenvalue weighted by Crippen LogP contribution is -2.04. The summed E-state index contributed by atoms with van der Waals surface area (Å²) < 4.78 is 6.79. The van der Waals surface area contributed by atoms with Gasteiger partial charge < -0.3 is 9.84 Å². The molecule has 1 atom stereocenters. The molecule has 21 heavy (non-hydrogen) atoms. The van der Waals surface area contributed by atoms with Gasteiger partial charge in [-0.25, -0.2) is 0 Å². The van der Waals surface area contributed by atoms with Crippen LogP contribution in [0.25, 0.3) is 0 Å². The highest BCUT2D eigenvalue weighted by Crippen LogP contribution is 2.35. The third-order valence-electron chi connectivity index (χ3n) is 3.87. The molecule has 2 aromatic carbocycles. The molecule has 1 N–H and O–H groups in total. The third-order valence-corrected chi connectivity index (χ3v) is 4.33. The van der Waals surface area contributed by atoms with Crippen molar-refractivity contribution in [3.8, 4) is 5.75 Å². The Morgan fingerprint density at radius 1 is 1.14 bits per heavy atom. The van der Waals surface area contributed by atoms with Crippen molar-refractivity contribution < 1.29 is 9.84 Å². The standard InChI is InChI=1S/C18H19BrO2/c1-11-5-12(2)7-14(6-11)17(20)10-15-9-16(19)8-13-3-4-21-18(13)15/h5-9,17,20H,3-4,10H2,1-2H3.